The summed E-state index contributed by atoms with van der Waals surface area (Å²) in [5.41, 5.74) is 8.02. The van der Waals surface area contributed by atoms with Gasteiger partial charge < -0.3 is 10.2 Å². The molecule has 3 rings (SSSR count). The van der Waals surface area contributed by atoms with Gasteiger partial charge in [-0.3, -0.25) is 0 Å². The van der Waals surface area contributed by atoms with Crippen LogP contribution < -0.4 is 5.73 Å². The largest absolute Gasteiger partial charge is 0.440 e. The quantitative estimate of drug-likeness (QED) is 0.688. The molecule has 2 N–H and O–H groups in total. The molecule has 0 aliphatic carbocycles. The van der Waals surface area contributed by atoms with Crippen molar-refractivity contribution in [2.75, 3.05) is 5.73 Å². The first-order valence-electron chi connectivity index (χ1n) is 4.98. The van der Waals surface area contributed by atoms with Crippen molar-refractivity contribution in [3.63, 3.8) is 0 Å². The van der Waals surface area contributed by atoms with E-state index >= 15 is 0 Å². The zero-order valence-corrected chi connectivity index (χ0v) is 9.33. The van der Waals surface area contributed by atoms with Crippen LogP contribution in [-0.2, 0) is 6.42 Å². The molecule has 0 bridgehead atoms. The molecule has 1 aromatic carbocycles. The Balaban J connectivity index is 1.99. The molecule has 0 radical (unpaired) electrons. The third kappa shape index (κ3) is 1.67. The molecule has 0 amide bonds. The Hall–Kier alpha value is -1.81. The van der Waals surface area contributed by atoms with Gasteiger partial charge in [-0.25, -0.2) is 4.98 Å². The van der Waals surface area contributed by atoms with E-state index in [-0.39, 0.29) is 0 Å². The first kappa shape index (κ1) is 9.42. The molecule has 3 nitrogen and oxygen atoms in total. The number of thiophene rings is 1. The van der Waals surface area contributed by atoms with Crippen LogP contribution in [0.15, 0.2) is 40.1 Å². The van der Waals surface area contributed by atoms with E-state index in [0.29, 0.717) is 5.69 Å². The van der Waals surface area contributed by atoms with Gasteiger partial charge in [-0.15, -0.1) is 11.3 Å². The van der Waals surface area contributed by atoms with Crippen molar-refractivity contribution < 1.29 is 4.42 Å². The zero-order chi connectivity index (χ0) is 11.0. The Kier molecular flexibility index (Phi) is 2.15. The molecule has 0 fully saturated rings. The minimum absolute atomic E-state index is 0.712. The SMILES string of the molecule is Nc1ccc2oc(Cc3cccs3)nc2c1. The highest BCUT2D eigenvalue weighted by Crippen LogP contribution is 2.21. The van der Waals surface area contributed by atoms with Crippen LogP contribution in [0, 0.1) is 0 Å². The van der Waals surface area contributed by atoms with E-state index in [1.807, 2.05) is 24.3 Å². The first-order chi connectivity index (χ1) is 7.81. The third-order valence-electron chi connectivity index (χ3n) is 2.36. The van der Waals surface area contributed by atoms with Gasteiger partial charge in [-0.1, -0.05) is 6.07 Å². The number of nitrogens with zero attached hydrogens (tertiary/aromatic N) is 1. The maximum atomic E-state index is 5.69. The molecule has 0 atom stereocenters. The van der Waals surface area contributed by atoms with Gasteiger partial charge in [0.2, 0.25) is 5.89 Å². The van der Waals surface area contributed by atoms with Gasteiger partial charge in [0.1, 0.15) is 5.52 Å². The summed E-state index contributed by atoms with van der Waals surface area (Å²) in [6, 6.07) is 9.61. The molecule has 16 heavy (non-hydrogen) atoms. The Morgan fingerprint density at radius 3 is 3.06 bits per heavy atom. The average molecular weight is 230 g/mol. The number of nitrogen functional groups attached to an aromatic ring is 1. The van der Waals surface area contributed by atoms with E-state index < -0.39 is 0 Å². The Morgan fingerprint density at radius 2 is 2.25 bits per heavy atom. The lowest BCUT2D eigenvalue weighted by atomic mass is 10.3. The Morgan fingerprint density at radius 1 is 1.31 bits per heavy atom. The maximum Gasteiger partial charge on any atom is 0.200 e. The highest BCUT2D eigenvalue weighted by Gasteiger charge is 2.07. The minimum atomic E-state index is 0.712. The smallest absolute Gasteiger partial charge is 0.200 e. The van der Waals surface area contributed by atoms with Crippen molar-refractivity contribution in [2.24, 2.45) is 0 Å². The summed E-state index contributed by atoms with van der Waals surface area (Å²) < 4.78 is 5.64. The van der Waals surface area contributed by atoms with Crippen LogP contribution in [0.4, 0.5) is 5.69 Å². The predicted molar refractivity (Wildman–Crippen MR) is 65.5 cm³/mol. The fraction of sp³-hybridized carbons (Fsp3) is 0.0833. The highest BCUT2D eigenvalue weighted by molar-refractivity contribution is 7.09. The number of fused-ring (bicyclic) bond motifs is 1. The normalized spacial score (nSPS) is 11.0. The van der Waals surface area contributed by atoms with Gasteiger partial charge in [-0.2, -0.15) is 0 Å². The number of rotatable bonds is 2. The molecule has 0 saturated carbocycles. The number of aromatic nitrogens is 1. The van der Waals surface area contributed by atoms with Gasteiger partial charge in [0.05, 0.1) is 6.42 Å². The minimum Gasteiger partial charge on any atom is -0.440 e. The van der Waals surface area contributed by atoms with Crippen LogP contribution in [0.25, 0.3) is 11.1 Å². The number of hydrogen-bond acceptors (Lipinski definition) is 4. The van der Waals surface area contributed by atoms with Crippen LogP contribution in [0.1, 0.15) is 10.8 Å². The molecule has 0 saturated heterocycles. The van der Waals surface area contributed by atoms with Crippen molar-refractivity contribution in [2.45, 2.75) is 6.42 Å². The summed E-state index contributed by atoms with van der Waals surface area (Å²) in [5.74, 6) is 0.739. The van der Waals surface area contributed by atoms with E-state index in [2.05, 4.69) is 16.4 Å². The van der Waals surface area contributed by atoms with Crippen LogP contribution in [0.5, 0.6) is 0 Å². The highest BCUT2D eigenvalue weighted by atomic mass is 32.1. The van der Waals surface area contributed by atoms with E-state index in [4.69, 9.17) is 10.2 Å². The molecule has 2 heterocycles. The van der Waals surface area contributed by atoms with Crippen molar-refractivity contribution in [3.8, 4) is 0 Å². The van der Waals surface area contributed by atoms with E-state index in [0.717, 1.165) is 23.4 Å². The topological polar surface area (TPSA) is 52.0 Å². The summed E-state index contributed by atoms with van der Waals surface area (Å²) in [5, 5.41) is 2.05. The lowest BCUT2D eigenvalue weighted by Gasteiger charge is -1.89. The molecule has 80 valence electrons. The standard InChI is InChI=1S/C12H10N2OS/c13-8-3-4-11-10(6-8)14-12(15-11)7-9-2-1-5-16-9/h1-6H,7,13H2. The molecule has 0 aliphatic rings. The summed E-state index contributed by atoms with van der Waals surface area (Å²) in [4.78, 5) is 5.66. The van der Waals surface area contributed by atoms with Gasteiger partial charge in [0.25, 0.3) is 0 Å². The summed E-state index contributed by atoms with van der Waals surface area (Å²) in [6.07, 6.45) is 0.742. The second-order valence-corrected chi connectivity index (χ2v) is 4.62. The van der Waals surface area contributed by atoms with Crippen molar-refractivity contribution >= 4 is 28.1 Å². The van der Waals surface area contributed by atoms with Crippen LogP contribution >= 0.6 is 11.3 Å². The molecule has 3 aromatic rings. The fourth-order valence-corrected chi connectivity index (χ4v) is 2.33. The maximum absolute atomic E-state index is 5.69. The molecule has 4 heteroatoms. The molecule has 0 unspecified atom stereocenters. The summed E-state index contributed by atoms with van der Waals surface area (Å²) >= 11 is 1.71. The van der Waals surface area contributed by atoms with Crippen LogP contribution in [0.3, 0.4) is 0 Å². The van der Waals surface area contributed by atoms with E-state index in [1.54, 1.807) is 11.3 Å². The number of nitrogens with two attached hydrogens (primary N) is 1. The van der Waals surface area contributed by atoms with Gasteiger partial charge in [0.15, 0.2) is 5.58 Å². The molecule has 0 spiro atoms. The second-order valence-electron chi connectivity index (χ2n) is 3.59. The lowest BCUT2D eigenvalue weighted by molar-refractivity contribution is 0.545. The fourth-order valence-electron chi connectivity index (χ4n) is 1.63. The molecule has 0 aliphatic heterocycles. The van der Waals surface area contributed by atoms with Crippen LogP contribution in [-0.4, -0.2) is 4.98 Å². The lowest BCUT2D eigenvalue weighted by Crippen LogP contribution is -1.84. The first-order valence-corrected chi connectivity index (χ1v) is 5.86. The molecule has 2 aromatic heterocycles. The van der Waals surface area contributed by atoms with E-state index in [9.17, 15) is 0 Å². The number of benzene rings is 1. The van der Waals surface area contributed by atoms with Gasteiger partial charge in [0, 0.05) is 10.6 Å². The van der Waals surface area contributed by atoms with E-state index in [1.165, 1.54) is 4.88 Å². The zero-order valence-electron chi connectivity index (χ0n) is 8.51. The third-order valence-corrected chi connectivity index (χ3v) is 3.24. The average Bonchev–Trinajstić information content (AvgIpc) is 2.86. The monoisotopic (exact) mass is 230 g/mol. The predicted octanol–water partition coefficient (Wildman–Crippen LogP) is 3.06. The van der Waals surface area contributed by atoms with Gasteiger partial charge >= 0.3 is 0 Å². The van der Waals surface area contributed by atoms with Crippen molar-refractivity contribution in [1.82, 2.24) is 4.98 Å². The summed E-state index contributed by atoms with van der Waals surface area (Å²) in [7, 11) is 0. The summed E-state index contributed by atoms with van der Waals surface area (Å²) in [6.45, 7) is 0. The van der Waals surface area contributed by atoms with Gasteiger partial charge in [-0.05, 0) is 29.6 Å². The van der Waals surface area contributed by atoms with Crippen LogP contribution in [0.2, 0.25) is 0 Å². The molecular formula is C12H10N2OS. The second kappa shape index (κ2) is 3.64. The number of oxazole rings is 1. The molecular weight excluding hydrogens is 220 g/mol. The Bertz CT molecular complexity index is 613. The number of hydrogen-bond donors (Lipinski definition) is 1. The van der Waals surface area contributed by atoms with Crippen molar-refractivity contribution in [3.05, 3.63) is 46.5 Å². The number of anilines is 1. The Labute approximate surface area is 96.5 Å². The van der Waals surface area contributed by atoms with Crippen molar-refractivity contribution in [1.29, 1.82) is 0 Å².